The molecule has 0 spiro atoms. The van der Waals surface area contributed by atoms with Gasteiger partial charge in [-0.3, -0.25) is 4.79 Å². The van der Waals surface area contributed by atoms with Crippen molar-refractivity contribution in [3.05, 3.63) is 70.3 Å². The van der Waals surface area contributed by atoms with E-state index < -0.39 is 0 Å². The summed E-state index contributed by atoms with van der Waals surface area (Å²) < 4.78 is 0.690. The van der Waals surface area contributed by atoms with Crippen LogP contribution < -0.4 is 21.3 Å². The van der Waals surface area contributed by atoms with Gasteiger partial charge in [0, 0.05) is 47.8 Å². The lowest BCUT2D eigenvalue weighted by Crippen LogP contribution is -2.34. The number of aliphatic hydroxyl groups excluding tert-OH is 1. The second-order valence-corrected chi connectivity index (χ2v) is 8.25. The second-order valence-electron chi connectivity index (χ2n) is 7.40. The minimum absolute atomic E-state index is 0.0782. The molecule has 1 aromatic heterocycles. The molecule has 0 fully saturated rings. The minimum Gasteiger partial charge on any atom is -0.392 e. The quantitative estimate of drug-likeness (QED) is 0.269. The number of aromatic nitrogens is 2. The first-order chi connectivity index (χ1) is 15.5. The smallest absolute Gasteiger partial charge is 0.251 e. The summed E-state index contributed by atoms with van der Waals surface area (Å²) in [5.41, 5.74) is 2.87. The van der Waals surface area contributed by atoms with Crippen molar-refractivity contribution in [3.8, 4) is 0 Å². The Morgan fingerprint density at radius 2 is 1.81 bits per heavy atom. The van der Waals surface area contributed by atoms with Crippen LogP contribution in [0, 0.1) is 0 Å². The van der Waals surface area contributed by atoms with E-state index in [0.717, 1.165) is 23.5 Å². The van der Waals surface area contributed by atoms with E-state index in [4.69, 9.17) is 0 Å². The van der Waals surface area contributed by atoms with Crippen molar-refractivity contribution in [2.24, 2.45) is 0 Å². The van der Waals surface area contributed by atoms with Crippen LogP contribution in [0.2, 0.25) is 0 Å². The lowest BCUT2D eigenvalue weighted by molar-refractivity contribution is 0.0953. The fourth-order valence-corrected chi connectivity index (χ4v) is 3.19. The average molecular weight is 499 g/mol. The summed E-state index contributed by atoms with van der Waals surface area (Å²) >= 11 is 3.45. The molecule has 1 amide bonds. The Balaban J connectivity index is 1.63. The summed E-state index contributed by atoms with van der Waals surface area (Å²) in [5.74, 6) is 0.847. The molecule has 0 unspecified atom stereocenters. The Kier molecular flexibility index (Phi) is 8.55. The normalized spacial score (nSPS) is 10.8. The van der Waals surface area contributed by atoms with E-state index in [-0.39, 0.29) is 12.5 Å². The van der Waals surface area contributed by atoms with Gasteiger partial charge in [0.05, 0.1) is 11.1 Å². The van der Waals surface area contributed by atoms with Crippen molar-refractivity contribution in [3.63, 3.8) is 0 Å². The summed E-state index contributed by atoms with van der Waals surface area (Å²) in [5, 5.41) is 22.0. The Labute approximate surface area is 196 Å². The Hall–Kier alpha value is -3.01. The fourth-order valence-electron chi connectivity index (χ4n) is 2.90. The fraction of sp³-hybridized carbons (Fsp3) is 0.261. The highest BCUT2D eigenvalue weighted by atomic mass is 79.9. The first kappa shape index (κ1) is 23.6. The summed E-state index contributed by atoms with van der Waals surface area (Å²) in [6.45, 7) is 5.35. The highest BCUT2D eigenvalue weighted by molar-refractivity contribution is 9.10. The zero-order valence-corrected chi connectivity index (χ0v) is 19.6. The molecule has 0 atom stereocenters. The number of amides is 1. The number of halogens is 1. The number of nitrogens with one attached hydrogen (secondary N) is 4. The maximum atomic E-state index is 12.3. The van der Waals surface area contributed by atoms with Gasteiger partial charge in [0.15, 0.2) is 0 Å². The second kappa shape index (κ2) is 11.6. The molecule has 0 radical (unpaired) electrons. The topological polar surface area (TPSA) is 111 Å². The van der Waals surface area contributed by atoms with Crippen LogP contribution in [-0.2, 0) is 6.61 Å². The van der Waals surface area contributed by atoms with E-state index in [9.17, 15) is 9.90 Å². The molecule has 0 saturated heterocycles. The largest absolute Gasteiger partial charge is 0.392 e. The molecule has 1 heterocycles. The third kappa shape index (κ3) is 6.74. The molecule has 3 rings (SSSR count). The van der Waals surface area contributed by atoms with Gasteiger partial charge in [-0.25, -0.2) is 4.98 Å². The molecule has 0 aliphatic carbocycles. The Morgan fingerprint density at radius 3 is 2.53 bits per heavy atom. The summed E-state index contributed by atoms with van der Waals surface area (Å²) in [6.07, 6.45) is 1.65. The number of carbonyl (C=O) groups is 1. The van der Waals surface area contributed by atoms with Gasteiger partial charge in [-0.05, 0) is 46.3 Å². The number of hydrogen-bond acceptors (Lipinski definition) is 7. The van der Waals surface area contributed by atoms with Crippen LogP contribution in [0.1, 0.15) is 29.8 Å². The molecule has 3 aromatic rings. The molecule has 8 nitrogen and oxygen atoms in total. The van der Waals surface area contributed by atoms with E-state index in [2.05, 4.69) is 61.0 Å². The van der Waals surface area contributed by atoms with Crippen LogP contribution in [0.25, 0.3) is 0 Å². The SMILES string of the molecule is CC(C)NCCNC(=O)c1ccc(Nc2ncc(Br)c(Nc3ccccc3CO)n2)cc1. The van der Waals surface area contributed by atoms with Crippen molar-refractivity contribution in [1.29, 1.82) is 0 Å². The maximum absolute atomic E-state index is 12.3. The van der Waals surface area contributed by atoms with Crippen molar-refractivity contribution < 1.29 is 9.90 Å². The van der Waals surface area contributed by atoms with Gasteiger partial charge in [0.25, 0.3) is 5.91 Å². The van der Waals surface area contributed by atoms with Gasteiger partial charge >= 0.3 is 0 Å². The van der Waals surface area contributed by atoms with E-state index in [1.807, 2.05) is 24.3 Å². The number of rotatable bonds is 10. The first-order valence-corrected chi connectivity index (χ1v) is 11.1. The number of benzene rings is 2. The zero-order valence-electron chi connectivity index (χ0n) is 18.0. The lowest BCUT2D eigenvalue weighted by Gasteiger charge is -2.13. The zero-order chi connectivity index (χ0) is 22.9. The van der Waals surface area contributed by atoms with Gasteiger partial charge in [-0.15, -0.1) is 0 Å². The lowest BCUT2D eigenvalue weighted by atomic mass is 10.2. The summed E-state index contributed by atoms with van der Waals surface area (Å²) in [6, 6.07) is 15.0. The highest BCUT2D eigenvalue weighted by Gasteiger charge is 2.09. The van der Waals surface area contributed by atoms with E-state index in [1.165, 1.54) is 0 Å². The first-order valence-electron chi connectivity index (χ1n) is 10.3. The summed E-state index contributed by atoms with van der Waals surface area (Å²) in [7, 11) is 0. The molecule has 168 valence electrons. The van der Waals surface area contributed by atoms with E-state index >= 15 is 0 Å². The molecular weight excluding hydrogens is 472 g/mol. The van der Waals surface area contributed by atoms with Crippen molar-refractivity contribution >= 4 is 45.0 Å². The molecule has 32 heavy (non-hydrogen) atoms. The molecule has 0 saturated carbocycles. The number of anilines is 4. The van der Waals surface area contributed by atoms with Crippen LogP contribution in [0.15, 0.2) is 59.2 Å². The van der Waals surface area contributed by atoms with Gasteiger partial charge in [0.2, 0.25) is 5.95 Å². The van der Waals surface area contributed by atoms with Gasteiger partial charge in [-0.2, -0.15) is 4.98 Å². The predicted octanol–water partition coefficient (Wildman–Crippen LogP) is 3.95. The molecule has 5 N–H and O–H groups in total. The van der Waals surface area contributed by atoms with E-state index in [1.54, 1.807) is 30.5 Å². The standard InChI is InChI=1S/C23H27BrN6O2/c1-15(2)25-11-12-26-22(32)16-7-9-18(10-8-16)28-23-27-13-19(24)21(30-23)29-20-6-4-3-5-17(20)14-31/h3-10,13,15,25,31H,11-12,14H2,1-2H3,(H,26,32)(H2,27,28,29,30). The van der Waals surface area contributed by atoms with Gasteiger partial charge in [-0.1, -0.05) is 32.0 Å². The minimum atomic E-state index is -0.115. The molecule has 2 aromatic carbocycles. The van der Waals surface area contributed by atoms with Gasteiger partial charge < -0.3 is 26.4 Å². The number of nitrogens with zero attached hydrogens (tertiary/aromatic N) is 2. The van der Waals surface area contributed by atoms with Crippen LogP contribution >= 0.6 is 15.9 Å². The average Bonchev–Trinajstić information content (AvgIpc) is 2.79. The van der Waals surface area contributed by atoms with Crippen molar-refractivity contribution in [2.45, 2.75) is 26.5 Å². The Morgan fingerprint density at radius 1 is 1.06 bits per heavy atom. The third-order valence-corrected chi connectivity index (χ3v) is 5.13. The number of para-hydroxylation sites is 1. The maximum Gasteiger partial charge on any atom is 0.251 e. The molecule has 0 aliphatic heterocycles. The number of aliphatic hydroxyl groups is 1. The van der Waals surface area contributed by atoms with Crippen LogP contribution in [0.5, 0.6) is 0 Å². The predicted molar refractivity (Wildman–Crippen MR) is 131 cm³/mol. The van der Waals surface area contributed by atoms with Gasteiger partial charge in [0.1, 0.15) is 5.82 Å². The van der Waals surface area contributed by atoms with Crippen LogP contribution in [-0.4, -0.2) is 40.1 Å². The Bertz CT molecular complexity index is 1040. The van der Waals surface area contributed by atoms with Crippen molar-refractivity contribution in [1.82, 2.24) is 20.6 Å². The molecule has 9 heteroatoms. The molecular formula is C23H27BrN6O2. The van der Waals surface area contributed by atoms with Crippen molar-refractivity contribution in [2.75, 3.05) is 23.7 Å². The number of hydrogen-bond donors (Lipinski definition) is 5. The molecule has 0 aliphatic rings. The number of carbonyl (C=O) groups excluding carboxylic acids is 1. The van der Waals surface area contributed by atoms with Crippen LogP contribution in [0.3, 0.4) is 0 Å². The monoisotopic (exact) mass is 498 g/mol. The summed E-state index contributed by atoms with van der Waals surface area (Å²) in [4.78, 5) is 21.1. The third-order valence-electron chi connectivity index (χ3n) is 4.55. The van der Waals surface area contributed by atoms with E-state index in [0.29, 0.717) is 34.4 Å². The molecule has 0 bridgehead atoms. The highest BCUT2D eigenvalue weighted by Crippen LogP contribution is 2.27. The van der Waals surface area contributed by atoms with Crippen LogP contribution in [0.4, 0.5) is 23.1 Å².